The fraction of sp³-hybridized carbons (Fsp3) is 0.524. The van der Waals surface area contributed by atoms with Crippen molar-refractivity contribution < 1.29 is 23.6 Å². The van der Waals surface area contributed by atoms with Gasteiger partial charge in [-0.25, -0.2) is 0 Å². The maximum atomic E-state index is 15.7. The fourth-order valence-electron chi connectivity index (χ4n) is 6.76. The molecule has 0 amide bonds. The van der Waals surface area contributed by atoms with Crippen LogP contribution in [0.25, 0.3) is 0 Å². The van der Waals surface area contributed by atoms with Crippen LogP contribution in [0.3, 0.4) is 0 Å². The van der Waals surface area contributed by atoms with Gasteiger partial charge in [-0.1, -0.05) is 113 Å². The second kappa shape index (κ2) is 19.1. The Bertz CT molecular complexity index is 1470. The topological polar surface area (TPSA) is 69.7 Å². The molecule has 0 aliphatic rings. The Balaban J connectivity index is 2.10. The Morgan fingerprint density at radius 1 is 0.542 bits per heavy atom. The molecule has 0 heterocycles. The zero-order chi connectivity index (χ0) is 35.3. The highest BCUT2D eigenvalue weighted by Gasteiger charge is 2.46. The number of carbonyl (C=O) groups is 2. The third kappa shape index (κ3) is 10.2. The van der Waals surface area contributed by atoms with E-state index in [1.165, 1.54) is 44.9 Å². The average molecular weight is 675 g/mol. The quantitative estimate of drug-likeness (QED) is 0.0831. The van der Waals surface area contributed by atoms with Gasteiger partial charge in [0.2, 0.25) is 11.0 Å². The molecule has 0 spiro atoms. The number of unbranched alkanes of at least 4 members (excludes halogenated alkanes) is 10. The van der Waals surface area contributed by atoms with Crippen LogP contribution in [0.1, 0.15) is 145 Å². The molecule has 0 fully saturated rings. The predicted molar refractivity (Wildman–Crippen MR) is 201 cm³/mol. The summed E-state index contributed by atoms with van der Waals surface area (Å²) in [5.41, 5.74) is 4.21. The van der Waals surface area contributed by atoms with E-state index in [-0.39, 0.29) is 5.30 Å². The molecule has 262 valence electrons. The van der Waals surface area contributed by atoms with E-state index < -0.39 is 18.2 Å². The maximum Gasteiger partial charge on any atom is 0.252 e. The van der Waals surface area contributed by atoms with Crippen molar-refractivity contribution in [1.29, 1.82) is 0 Å². The third-order valence-electron chi connectivity index (χ3n) is 9.15. The molecule has 0 saturated carbocycles. The molecule has 0 saturated heterocycles. The minimum atomic E-state index is -4.47. The Labute approximate surface area is 290 Å². The van der Waals surface area contributed by atoms with E-state index in [0.717, 1.165) is 43.2 Å². The molecule has 0 bridgehead atoms. The average Bonchev–Trinajstić information content (AvgIpc) is 3.02. The molecule has 0 aliphatic carbocycles. The van der Waals surface area contributed by atoms with Crippen LogP contribution >= 0.6 is 7.14 Å². The SMILES string of the molecule is CCCCCCCCOc1ccc(P(=O)(C(=O)c2c(C)cc(C)cc2C)C(=O)c2c(C)cc(C)cc2C)c(OCCCCCCCC)c1. The second-order valence-electron chi connectivity index (χ2n) is 13.6. The Kier molecular flexibility index (Phi) is 15.7. The lowest BCUT2D eigenvalue weighted by atomic mass is 10.0. The molecular formula is C42H59O5P. The van der Waals surface area contributed by atoms with Gasteiger partial charge in [0.05, 0.1) is 18.5 Å². The first-order valence-electron chi connectivity index (χ1n) is 18.2. The van der Waals surface area contributed by atoms with Gasteiger partial charge >= 0.3 is 0 Å². The zero-order valence-electron chi connectivity index (χ0n) is 30.9. The van der Waals surface area contributed by atoms with Gasteiger partial charge in [0, 0.05) is 17.2 Å². The summed E-state index contributed by atoms with van der Waals surface area (Å²) >= 11 is 0. The molecule has 0 atom stereocenters. The normalized spacial score (nSPS) is 11.5. The highest BCUT2D eigenvalue weighted by atomic mass is 31.2. The van der Waals surface area contributed by atoms with Gasteiger partial charge in [0.15, 0.2) is 0 Å². The highest BCUT2D eigenvalue weighted by molar-refractivity contribution is 8.01. The Morgan fingerprint density at radius 3 is 1.38 bits per heavy atom. The van der Waals surface area contributed by atoms with Crippen molar-refractivity contribution in [2.75, 3.05) is 13.2 Å². The van der Waals surface area contributed by atoms with Gasteiger partial charge in [-0.3, -0.25) is 9.59 Å². The van der Waals surface area contributed by atoms with E-state index in [2.05, 4.69) is 13.8 Å². The van der Waals surface area contributed by atoms with Gasteiger partial charge < -0.3 is 14.0 Å². The summed E-state index contributed by atoms with van der Waals surface area (Å²) in [4.78, 5) is 29.6. The molecule has 0 N–H and O–H groups in total. The monoisotopic (exact) mass is 674 g/mol. The van der Waals surface area contributed by atoms with Crippen LogP contribution in [-0.4, -0.2) is 24.3 Å². The summed E-state index contributed by atoms with van der Waals surface area (Å²) in [5.74, 6) is 0.876. The van der Waals surface area contributed by atoms with E-state index in [9.17, 15) is 9.59 Å². The van der Waals surface area contributed by atoms with Crippen molar-refractivity contribution in [3.05, 3.63) is 87.0 Å². The molecule has 0 unspecified atom stereocenters. The van der Waals surface area contributed by atoms with E-state index in [1.807, 2.05) is 65.8 Å². The molecule has 0 radical (unpaired) electrons. The summed E-state index contributed by atoms with van der Waals surface area (Å²) in [6, 6.07) is 12.8. The first-order valence-corrected chi connectivity index (χ1v) is 19.9. The van der Waals surface area contributed by atoms with Gasteiger partial charge in [-0.05, 0) is 88.8 Å². The number of aryl methyl sites for hydroxylation is 6. The fourth-order valence-corrected chi connectivity index (χ4v) is 9.44. The molecule has 3 aromatic rings. The second-order valence-corrected chi connectivity index (χ2v) is 16.1. The van der Waals surface area contributed by atoms with Crippen molar-refractivity contribution >= 4 is 23.5 Å². The van der Waals surface area contributed by atoms with Crippen LogP contribution in [0.2, 0.25) is 0 Å². The minimum absolute atomic E-state index is 0.147. The van der Waals surface area contributed by atoms with Crippen molar-refractivity contribution in [3.8, 4) is 11.5 Å². The summed E-state index contributed by atoms with van der Waals surface area (Å²) < 4.78 is 28.2. The molecule has 3 rings (SSSR count). The van der Waals surface area contributed by atoms with Crippen molar-refractivity contribution in [3.63, 3.8) is 0 Å². The molecular weight excluding hydrogens is 615 g/mol. The summed E-state index contributed by atoms with van der Waals surface area (Å²) in [5, 5.41) is 0.147. The highest BCUT2D eigenvalue weighted by Crippen LogP contribution is 2.55. The molecule has 5 nitrogen and oxygen atoms in total. The van der Waals surface area contributed by atoms with Crippen LogP contribution in [0.5, 0.6) is 11.5 Å². The van der Waals surface area contributed by atoms with Crippen LogP contribution in [0.15, 0.2) is 42.5 Å². The number of carbonyl (C=O) groups excluding carboxylic acids is 2. The van der Waals surface area contributed by atoms with Gasteiger partial charge in [0.1, 0.15) is 11.5 Å². The summed E-state index contributed by atoms with van der Waals surface area (Å²) in [6.07, 6.45) is 13.5. The zero-order valence-corrected chi connectivity index (χ0v) is 31.8. The standard InChI is InChI=1S/C42H59O5P/c1-9-11-13-15-17-19-23-46-36-21-22-38(37(29-36)47-24-20-18-16-14-12-10-2)48(45,41(43)39-32(5)25-30(3)26-33(39)6)42(44)40-34(7)27-31(4)28-35(40)8/h21-22,25-29H,9-20,23-24H2,1-8H3. The van der Waals surface area contributed by atoms with Crippen molar-refractivity contribution in [2.24, 2.45) is 0 Å². The number of hydrogen-bond acceptors (Lipinski definition) is 5. The number of benzene rings is 3. The first kappa shape index (κ1) is 39.3. The first-order chi connectivity index (χ1) is 22.9. The van der Waals surface area contributed by atoms with E-state index in [4.69, 9.17) is 9.47 Å². The van der Waals surface area contributed by atoms with E-state index >= 15 is 4.57 Å². The molecule has 3 aromatic carbocycles. The number of hydrogen-bond donors (Lipinski definition) is 0. The van der Waals surface area contributed by atoms with Crippen LogP contribution in [0, 0.1) is 41.5 Å². The lowest BCUT2D eigenvalue weighted by Gasteiger charge is -2.23. The Morgan fingerprint density at radius 2 is 0.938 bits per heavy atom. The Hall–Kier alpha value is -3.17. The van der Waals surface area contributed by atoms with Gasteiger partial charge in [-0.2, -0.15) is 0 Å². The molecule has 0 aromatic heterocycles. The minimum Gasteiger partial charge on any atom is -0.493 e. The maximum absolute atomic E-state index is 15.7. The largest absolute Gasteiger partial charge is 0.493 e. The summed E-state index contributed by atoms with van der Waals surface area (Å²) in [7, 11) is -4.47. The lowest BCUT2D eigenvalue weighted by molar-refractivity contribution is 0.103. The number of ether oxygens (including phenoxy) is 2. The molecule has 0 aliphatic heterocycles. The van der Waals surface area contributed by atoms with Gasteiger partial charge in [-0.15, -0.1) is 0 Å². The van der Waals surface area contributed by atoms with Crippen molar-refractivity contribution in [1.82, 2.24) is 0 Å². The van der Waals surface area contributed by atoms with Gasteiger partial charge in [0.25, 0.3) is 7.14 Å². The van der Waals surface area contributed by atoms with E-state index in [1.54, 1.807) is 18.2 Å². The summed E-state index contributed by atoms with van der Waals surface area (Å²) in [6.45, 7) is 16.7. The van der Waals surface area contributed by atoms with Crippen LogP contribution < -0.4 is 14.8 Å². The third-order valence-corrected chi connectivity index (χ3v) is 11.8. The lowest BCUT2D eigenvalue weighted by Crippen LogP contribution is -2.25. The number of rotatable bonds is 21. The van der Waals surface area contributed by atoms with Crippen molar-refractivity contribution in [2.45, 2.75) is 132 Å². The van der Waals surface area contributed by atoms with E-state index in [0.29, 0.717) is 58.1 Å². The smallest absolute Gasteiger partial charge is 0.252 e. The molecule has 48 heavy (non-hydrogen) atoms. The van der Waals surface area contributed by atoms with Crippen LogP contribution in [0.4, 0.5) is 0 Å². The molecule has 6 heteroatoms. The van der Waals surface area contributed by atoms with Crippen LogP contribution in [-0.2, 0) is 4.57 Å². The predicted octanol–water partition coefficient (Wildman–Crippen LogP) is 11.7.